The number of rotatable bonds is 5. The second-order valence-electron chi connectivity index (χ2n) is 6.33. The number of hydrogen-bond acceptors (Lipinski definition) is 3. The van der Waals surface area contributed by atoms with Crippen molar-refractivity contribution in [1.82, 2.24) is 4.72 Å². The molecule has 21 heavy (non-hydrogen) atoms. The van der Waals surface area contributed by atoms with Crippen LogP contribution in [0.4, 0.5) is 0 Å². The molecule has 1 saturated carbocycles. The maximum atomic E-state index is 12.5. The molecule has 0 unspecified atom stereocenters. The predicted molar refractivity (Wildman–Crippen MR) is 83.8 cm³/mol. The fraction of sp³-hybridized carbons (Fsp3) is 0.625. The van der Waals surface area contributed by atoms with Gasteiger partial charge in [-0.05, 0) is 36.5 Å². The molecule has 2 N–H and O–H groups in total. The van der Waals surface area contributed by atoms with Gasteiger partial charge in [-0.25, -0.2) is 13.1 Å². The molecule has 1 aliphatic rings. The molecule has 4 nitrogen and oxygen atoms in total. The van der Waals surface area contributed by atoms with Crippen molar-refractivity contribution in [3.8, 4) is 0 Å². The molecule has 0 amide bonds. The molecule has 1 aliphatic carbocycles. The quantitative estimate of drug-likeness (QED) is 0.878. The molecule has 5 heteroatoms. The van der Waals surface area contributed by atoms with E-state index in [0.717, 1.165) is 24.8 Å². The van der Waals surface area contributed by atoms with E-state index in [0.29, 0.717) is 18.8 Å². The van der Waals surface area contributed by atoms with Gasteiger partial charge in [0.2, 0.25) is 10.0 Å². The summed E-state index contributed by atoms with van der Waals surface area (Å²) in [6.07, 6.45) is 4.41. The molecule has 2 rings (SSSR count). The minimum Gasteiger partial charge on any atom is -0.394 e. The molecule has 0 aromatic heterocycles. The maximum absolute atomic E-state index is 12.5. The third-order valence-corrected chi connectivity index (χ3v) is 5.92. The van der Waals surface area contributed by atoms with E-state index >= 15 is 0 Å². The van der Waals surface area contributed by atoms with Gasteiger partial charge in [0, 0.05) is 0 Å². The Kier molecular flexibility index (Phi) is 5.07. The maximum Gasteiger partial charge on any atom is 0.241 e. The topological polar surface area (TPSA) is 66.4 Å². The van der Waals surface area contributed by atoms with Gasteiger partial charge < -0.3 is 5.11 Å². The highest BCUT2D eigenvalue weighted by molar-refractivity contribution is 7.89. The summed E-state index contributed by atoms with van der Waals surface area (Å²) in [6.45, 7) is 4.01. The van der Waals surface area contributed by atoms with E-state index in [1.54, 1.807) is 12.1 Å². The van der Waals surface area contributed by atoms with Crippen molar-refractivity contribution < 1.29 is 13.5 Å². The Bertz CT molecular complexity index is 558. The van der Waals surface area contributed by atoms with Crippen LogP contribution in [0.5, 0.6) is 0 Å². The number of benzene rings is 1. The zero-order valence-corrected chi connectivity index (χ0v) is 13.6. The van der Waals surface area contributed by atoms with E-state index < -0.39 is 15.6 Å². The first-order valence-electron chi connectivity index (χ1n) is 7.63. The van der Waals surface area contributed by atoms with Gasteiger partial charge in [0.25, 0.3) is 0 Å². The van der Waals surface area contributed by atoms with Crippen LogP contribution in [0.25, 0.3) is 0 Å². The highest BCUT2D eigenvalue weighted by Crippen LogP contribution is 2.29. The van der Waals surface area contributed by atoms with Gasteiger partial charge in [-0.1, -0.05) is 45.2 Å². The summed E-state index contributed by atoms with van der Waals surface area (Å²) in [5, 5.41) is 9.64. The van der Waals surface area contributed by atoms with Crippen molar-refractivity contribution in [2.24, 2.45) is 0 Å². The lowest BCUT2D eigenvalue weighted by molar-refractivity contribution is 0.142. The monoisotopic (exact) mass is 311 g/mol. The first-order valence-corrected chi connectivity index (χ1v) is 9.12. The highest BCUT2D eigenvalue weighted by Gasteiger charge is 2.35. The molecule has 1 aromatic carbocycles. The number of nitrogens with one attached hydrogen (secondary N) is 1. The average Bonchev–Trinajstić information content (AvgIpc) is 2.48. The molecule has 0 bridgehead atoms. The van der Waals surface area contributed by atoms with E-state index in [4.69, 9.17) is 0 Å². The van der Waals surface area contributed by atoms with Crippen LogP contribution in [0.1, 0.15) is 57.4 Å². The van der Waals surface area contributed by atoms with Crippen molar-refractivity contribution in [2.75, 3.05) is 6.61 Å². The van der Waals surface area contributed by atoms with Gasteiger partial charge in [0.1, 0.15) is 0 Å². The smallest absolute Gasteiger partial charge is 0.241 e. The molecule has 118 valence electrons. The molecular weight excluding hydrogens is 286 g/mol. The average molecular weight is 311 g/mol. The molecule has 0 saturated heterocycles. The third-order valence-electron chi connectivity index (χ3n) is 4.32. The molecule has 0 atom stereocenters. The van der Waals surface area contributed by atoms with Crippen molar-refractivity contribution in [1.29, 1.82) is 0 Å². The molecular formula is C16H25NO3S. The van der Waals surface area contributed by atoms with Gasteiger partial charge >= 0.3 is 0 Å². The Labute approximate surface area is 127 Å². The van der Waals surface area contributed by atoms with Crippen molar-refractivity contribution in [3.05, 3.63) is 29.8 Å². The molecule has 0 aliphatic heterocycles. The van der Waals surface area contributed by atoms with Crippen molar-refractivity contribution >= 4 is 10.0 Å². The summed E-state index contributed by atoms with van der Waals surface area (Å²) in [7, 11) is -3.58. The second kappa shape index (κ2) is 6.46. The highest BCUT2D eigenvalue weighted by atomic mass is 32.2. The van der Waals surface area contributed by atoms with Gasteiger partial charge in [-0.3, -0.25) is 0 Å². The van der Waals surface area contributed by atoms with Gasteiger partial charge in [-0.15, -0.1) is 0 Å². The van der Waals surface area contributed by atoms with Crippen molar-refractivity contribution in [2.45, 2.75) is 62.3 Å². The van der Waals surface area contributed by atoms with E-state index in [2.05, 4.69) is 18.6 Å². The summed E-state index contributed by atoms with van der Waals surface area (Å²) in [5.41, 5.74) is 0.428. The minimum absolute atomic E-state index is 0.143. The lowest BCUT2D eigenvalue weighted by Crippen LogP contribution is -2.52. The fourth-order valence-electron chi connectivity index (χ4n) is 2.90. The standard InChI is InChI=1S/C16H25NO3S/c1-13(2)14-6-8-15(9-7-14)21(19,20)17-16(12-18)10-4-3-5-11-16/h6-9,13,17-18H,3-5,10-12H2,1-2H3. The summed E-state index contributed by atoms with van der Waals surface area (Å²) in [6, 6.07) is 6.99. The van der Waals surface area contributed by atoms with E-state index in [9.17, 15) is 13.5 Å². The van der Waals surface area contributed by atoms with E-state index in [-0.39, 0.29) is 11.5 Å². The van der Waals surface area contributed by atoms with Crippen LogP contribution < -0.4 is 4.72 Å². The van der Waals surface area contributed by atoms with Crippen LogP contribution >= 0.6 is 0 Å². The Balaban J connectivity index is 2.20. The first-order chi connectivity index (χ1) is 9.88. The summed E-state index contributed by atoms with van der Waals surface area (Å²) in [5.74, 6) is 0.372. The first kappa shape index (κ1) is 16.5. The van der Waals surface area contributed by atoms with Crippen LogP contribution in [0.2, 0.25) is 0 Å². The Morgan fingerprint density at radius 3 is 2.19 bits per heavy atom. The normalized spacial score (nSPS) is 18.9. The second-order valence-corrected chi connectivity index (χ2v) is 8.01. The van der Waals surface area contributed by atoms with Gasteiger partial charge in [0.15, 0.2) is 0 Å². The Hall–Kier alpha value is -0.910. The van der Waals surface area contributed by atoms with Crippen LogP contribution in [0.15, 0.2) is 29.2 Å². The molecule has 0 heterocycles. The largest absolute Gasteiger partial charge is 0.394 e. The van der Waals surface area contributed by atoms with Crippen LogP contribution in [0, 0.1) is 0 Å². The molecule has 1 aromatic rings. The minimum atomic E-state index is -3.58. The lowest BCUT2D eigenvalue weighted by Gasteiger charge is -2.36. The van der Waals surface area contributed by atoms with Crippen LogP contribution in [0.3, 0.4) is 0 Å². The number of hydrogen-bond donors (Lipinski definition) is 2. The lowest BCUT2D eigenvalue weighted by atomic mass is 9.83. The SMILES string of the molecule is CC(C)c1ccc(S(=O)(=O)NC2(CO)CCCCC2)cc1. The number of sulfonamides is 1. The Morgan fingerprint density at radius 2 is 1.71 bits per heavy atom. The fourth-order valence-corrected chi connectivity index (χ4v) is 4.35. The zero-order valence-electron chi connectivity index (χ0n) is 12.8. The summed E-state index contributed by atoms with van der Waals surface area (Å²) >= 11 is 0. The predicted octanol–water partition coefficient (Wildman–Crippen LogP) is 2.78. The number of aliphatic hydroxyl groups is 1. The van der Waals surface area contributed by atoms with Crippen LogP contribution in [-0.2, 0) is 10.0 Å². The Morgan fingerprint density at radius 1 is 1.14 bits per heavy atom. The van der Waals surface area contributed by atoms with Gasteiger partial charge in [-0.2, -0.15) is 0 Å². The number of aliphatic hydroxyl groups excluding tert-OH is 1. The molecule has 0 spiro atoms. The summed E-state index contributed by atoms with van der Waals surface area (Å²) < 4.78 is 27.8. The third kappa shape index (κ3) is 3.84. The zero-order chi connectivity index (χ0) is 15.5. The summed E-state index contributed by atoms with van der Waals surface area (Å²) in [4.78, 5) is 0.269. The van der Waals surface area contributed by atoms with Crippen LogP contribution in [-0.4, -0.2) is 25.7 Å². The van der Waals surface area contributed by atoms with Gasteiger partial charge in [0.05, 0.1) is 17.0 Å². The van der Waals surface area contributed by atoms with Crippen molar-refractivity contribution in [3.63, 3.8) is 0 Å². The van der Waals surface area contributed by atoms with E-state index in [1.165, 1.54) is 0 Å². The molecule has 1 fully saturated rings. The molecule has 0 radical (unpaired) electrons. The van der Waals surface area contributed by atoms with E-state index in [1.807, 2.05) is 12.1 Å².